The summed E-state index contributed by atoms with van der Waals surface area (Å²) in [6.07, 6.45) is 1.04. The van der Waals surface area contributed by atoms with Crippen molar-refractivity contribution in [3.05, 3.63) is 59.2 Å². The van der Waals surface area contributed by atoms with Crippen molar-refractivity contribution in [1.29, 1.82) is 5.41 Å². The average Bonchev–Trinajstić information content (AvgIpc) is 2.38. The van der Waals surface area contributed by atoms with Gasteiger partial charge in [0.1, 0.15) is 0 Å². The van der Waals surface area contributed by atoms with Crippen LogP contribution in [-0.2, 0) is 6.42 Å². The molecule has 0 saturated heterocycles. The second kappa shape index (κ2) is 5.18. The van der Waals surface area contributed by atoms with Crippen LogP contribution in [0.25, 0.3) is 11.1 Å². The first-order valence-electron chi connectivity index (χ1n) is 6.37. The predicted molar refractivity (Wildman–Crippen MR) is 78.5 cm³/mol. The highest BCUT2D eigenvalue weighted by Crippen LogP contribution is 2.26. The summed E-state index contributed by atoms with van der Waals surface area (Å²) in [4.78, 5) is 0. The summed E-state index contributed by atoms with van der Waals surface area (Å²) >= 11 is 0. The van der Waals surface area contributed by atoms with Gasteiger partial charge in [-0.05, 0) is 37.0 Å². The van der Waals surface area contributed by atoms with Crippen molar-refractivity contribution in [2.45, 2.75) is 27.2 Å². The Bertz CT molecular complexity index is 582. The zero-order chi connectivity index (χ0) is 13.1. The van der Waals surface area contributed by atoms with Crippen LogP contribution in [0.1, 0.15) is 30.5 Å². The summed E-state index contributed by atoms with van der Waals surface area (Å²) in [7, 11) is 0. The molecule has 1 N–H and O–H groups in total. The Labute approximate surface area is 109 Å². The number of hydrogen-bond donors (Lipinski definition) is 1. The van der Waals surface area contributed by atoms with E-state index in [0.29, 0.717) is 5.71 Å². The van der Waals surface area contributed by atoms with Gasteiger partial charge in [-0.1, -0.05) is 55.0 Å². The molecule has 0 atom stereocenters. The lowest BCUT2D eigenvalue weighted by molar-refractivity contribution is 1.14. The van der Waals surface area contributed by atoms with Gasteiger partial charge in [-0.15, -0.1) is 0 Å². The summed E-state index contributed by atoms with van der Waals surface area (Å²) in [5.41, 5.74) is 6.58. The fourth-order valence-electron chi connectivity index (χ4n) is 2.18. The van der Waals surface area contributed by atoms with Crippen LogP contribution in [0.15, 0.2) is 42.5 Å². The average molecular weight is 237 g/mol. The second-order valence-electron chi connectivity index (χ2n) is 4.73. The molecule has 0 aliphatic heterocycles. The van der Waals surface area contributed by atoms with Gasteiger partial charge in [-0.3, -0.25) is 0 Å². The molecule has 0 radical (unpaired) electrons. The molecule has 18 heavy (non-hydrogen) atoms. The highest BCUT2D eigenvalue weighted by molar-refractivity contribution is 6.02. The fourth-order valence-corrected chi connectivity index (χ4v) is 2.18. The van der Waals surface area contributed by atoms with Gasteiger partial charge >= 0.3 is 0 Å². The summed E-state index contributed by atoms with van der Waals surface area (Å²) in [5.74, 6) is 0. The number of nitrogens with one attached hydrogen (secondary N) is 1. The molecule has 0 aliphatic rings. The van der Waals surface area contributed by atoms with Gasteiger partial charge in [-0.25, -0.2) is 0 Å². The molecule has 1 heteroatoms. The minimum absolute atomic E-state index is 0.618. The maximum atomic E-state index is 7.89. The van der Waals surface area contributed by atoms with E-state index in [1.807, 2.05) is 13.0 Å². The van der Waals surface area contributed by atoms with Crippen LogP contribution < -0.4 is 0 Å². The van der Waals surface area contributed by atoms with E-state index in [9.17, 15) is 0 Å². The lowest BCUT2D eigenvalue weighted by atomic mass is 9.94. The molecule has 0 unspecified atom stereocenters. The first kappa shape index (κ1) is 12.6. The standard InChI is InChI=1S/C17H19N/c1-4-14-6-5-7-15(11-14)17-10-12(2)8-9-16(17)13(3)18/h5-11,18H,4H2,1-3H3. The SMILES string of the molecule is CCc1cccc(-c2cc(C)ccc2C(C)=N)c1. The summed E-state index contributed by atoms with van der Waals surface area (Å²) in [5, 5.41) is 7.89. The van der Waals surface area contributed by atoms with Crippen LogP contribution in [0.4, 0.5) is 0 Å². The third-order valence-electron chi connectivity index (χ3n) is 3.23. The molecule has 2 aromatic carbocycles. The van der Waals surface area contributed by atoms with Crippen LogP contribution in [0.5, 0.6) is 0 Å². The number of benzene rings is 2. The molecule has 0 fully saturated rings. The third-order valence-corrected chi connectivity index (χ3v) is 3.23. The maximum absolute atomic E-state index is 7.89. The topological polar surface area (TPSA) is 23.9 Å². The predicted octanol–water partition coefficient (Wildman–Crippen LogP) is 4.61. The van der Waals surface area contributed by atoms with Gasteiger partial charge in [0.25, 0.3) is 0 Å². The van der Waals surface area contributed by atoms with Crippen LogP contribution in [0.2, 0.25) is 0 Å². The molecule has 92 valence electrons. The molecule has 0 aromatic heterocycles. The number of hydrogen-bond acceptors (Lipinski definition) is 1. The quantitative estimate of drug-likeness (QED) is 0.754. The van der Waals surface area contributed by atoms with Crippen molar-refractivity contribution in [2.75, 3.05) is 0 Å². The summed E-state index contributed by atoms with van der Waals surface area (Å²) in [6, 6.07) is 14.9. The Kier molecular flexibility index (Phi) is 3.61. The molecular formula is C17H19N. The number of aryl methyl sites for hydroxylation is 2. The van der Waals surface area contributed by atoms with Crippen LogP contribution in [-0.4, -0.2) is 5.71 Å². The van der Waals surface area contributed by atoms with E-state index in [1.54, 1.807) is 0 Å². The van der Waals surface area contributed by atoms with Crippen molar-refractivity contribution in [3.63, 3.8) is 0 Å². The first-order valence-corrected chi connectivity index (χ1v) is 6.37. The van der Waals surface area contributed by atoms with E-state index in [1.165, 1.54) is 16.7 Å². The summed E-state index contributed by atoms with van der Waals surface area (Å²) < 4.78 is 0. The van der Waals surface area contributed by atoms with Gasteiger partial charge in [0.05, 0.1) is 0 Å². The van der Waals surface area contributed by atoms with Crippen LogP contribution >= 0.6 is 0 Å². The summed E-state index contributed by atoms with van der Waals surface area (Å²) in [6.45, 7) is 6.10. The Morgan fingerprint density at radius 3 is 2.56 bits per heavy atom. The van der Waals surface area contributed by atoms with E-state index in [-0.39, 0.29) is 0 Å². The zero-order valence-corrected chi connectivity index (χ0v) is 11.2. The van der Waals surface area contributed by atoms with Crippen molar-refractivity contribution in [1.82, 2.24) is 0 Å². The molecule has 0 heterocycles. The third kappa shape index (κ3) is 2.51. The van der Waals surface area contributed by atoms with Gasteiger partial charge in [0.2, 0.25) is 0 Å². The molecule has 1 nitrogen and oxygen atoms in total. The Morgan fingerprint density at radius 1 is 1.11 bits per heavy atom. The van der Waals surface area contributed by atoms with Gasteiger partial charge in [0, 0.05) is 11.3 Å². The van der Waals surface area contributed by atoms with Crippen molar-refractivity contribution in [2.24, 2.45) is 0 Å². The molecule has 0 saturated carbocycles. The smallest absolute Gasteiger partial charge is 0.0361 e. The largest absolute Gasteiger partial charge is 0.305 e. The maximum Gasteiger partial charge on any atom is 0.0361 e. The van der Waals surface area contributed by atoms with E-state index < -0.39 is 0 Å². The monoisotopic (exact) mass is 237 g/mol. The van der Waals surface area contributed by atoms with Gasteiger partial charge in [0.15, 0.2) is 0 Å². The molecule has 2 rings (SSSR count). The minimum Gasteiger partial charge on any atom is -0.305 e. The van der Waals surface area contributed by atoms with E-state index >= 15 is 0 Å². The Morgan fingerprint density at radius 2 is 1.89 bits per heavy atom. The first-order chi connectivity index (χ1) is 8.61. The zero-order valence-electron chi connectivity index (χ0n) is 11.2. The lowest BCUT2D eigenvalue weighted by Gasteiger charge is -2.11. The van der Waals surface area contributed by atoms with E-state index in [2.05, 4.69) is 50.2 Å². The van der Waals surface area contributed by atoms with E-state index in [0.717, 1.165) is 17.5 Å². The van der Waals surface area contributed by atoms with E-state index in [4.69, 9.17) is 5.41 Å². The highest BCUT2D eigenvalue weighted by Gasteiger charge is 2.07. The molecule has 0 spiro atoms. The van der Waals surface area contributed by atoms with Gasteiger partial charge in [-0.2, -0.15) is 0 Å². The molecule has 0 bridgehead atoms. The Hall–Kier alpha value is -1.89. The molecular weight excluding hydrogens is 218 g/mol. The Balaban J connectivity index is 2.61. The number of rotatable bonds is 3. The van der Waals surface area contributed by atoms with Crippen molar-refractivity contribution >= 4 is 5.71 Å². The van der Waals surface area contributed by atoms with Crippen molar-refractivity contribution in [3.8, 4) is 11.1 Å². The minimum atomic E-state index is 0.618. The molecule has 2 aromatic rings. The van der Waals surface area contributed by atoms with Gasteiger partial charge < -0.3 is 5.41 Å². The van der Waals surface area contributed by atoms with Crippen molar-refractivity contribution < 1.29 is 0 Å². The second-order valence-corrected chi connectivity index (χ2v) is 4.73. The molecule has 0 aliphatic carbocycles. The van der Waals surface area contributed by atoms with Crippen LogP contribution in [0.3, 0.4) is 0 Å². The fraction of sp³-hybridized carbons (Fsp3) is 0.235. The molecule has 0 amide bonds. The lowest BCUT2D eigenvalue weighted by Crippen LogP contribution is -1.97. The highest BCUT2D eigenvalue weighted by atomic mass is 14.4. The van der Waals surface area contributed by atoms with Crippen LogP contribution in [0, 0.1) is 12.3 Å². The normalized spacial score (nSPS) is 10.4.